The summed E-state index contributed by atoms with van der Waals surface area (Å²) < 4.78 is 117. The average molecular weight is 447 g/mol. The quantitative estimate of drug-likeness (QED) is 0.279. The Morgan fingerprint density at radius 3 is 1.89 bits per heavy atom. The number of nitrogens with one attached hydrogen (secondary N) is 1. The van der Waals surface area contributed by atoms with Gasteiger partial charge in [-0.1, -0.05) is 6.42 Å². The molecule has 12 heteroatoms. The molecule has 0 heterocycles. The summed E-state index contributed by atoms with van der Waals surface area (Å²) in [5.74, 6) is -2.93. The minimum atomic E-state index is -5.41. The third-order valence-electron chi connectivity index (χ3n) is 4.23. The van der Waals surface area contributed by atoms with Crippen molar-refractivity contribution in [3.05, 3.63) is 0 Å². The molecule has 2 atom stereocenters. The van der Waals surface area contributed by atoms with Gasteiger partial charge in [0.25, 0.3) is 0 Å². The highest BCUT2D eigenvalue weighted by molar-refractivity contribution is 7.89. The van der Waals surface area contributed by atoms with Crippen LogP contribution in [0.1, 0.15) is 39.0 Å². The van der Waals surface area contributed by atoms with Crippen molar-refractivity contribution in [2.75, 3.05) is 40.0 Å². The second-order valence-corrected chi connectivity index (χ2v) is 10.1. The molecule has 1 N–H and O–H groups in total. The average Bonchev–Trinajstić information content (AvgIpc) is 2.43. The number of hydrogen-bond acceptors (Lipinski definition) is 2. The largest absolute Gasteiger partial charge is 0.422 e. The van der Waals surface area contributed by atoms with E-state index in [0.717, 1.165) is 6.54 Å². The topological polar surface area (TPSA) is 46.2 Å². The molecular weight excluding hydrogens is 417 g/mol. The van der Waals surface area contributed by atoms with E-state index in [0.29, 0.717) is 10.9 Å². The lowest BCUT2D eigenvalue weighted by atomic mass is 9.88. The summed E-state index contributed by atoms with van der Waals surface area (Å²) in [6, 6.07) is 0. The lowest BCUT2D eigenvalue weighted by Crippen LogP contribution is -2.42. The number of halogens is 7. The monoisotopic (exact) mass is 447 g/mol. The standard InChI is InChI=1S/C16H30F7N2O2S/c1-14(17,16(21,22)23)12-13(15(18,19)20)8-5-6-11-28(26,27)24-9-7-10-25(2,3)4/h13,24H,5-12H2,1-4H3/q+1. The van der Waals surface area contributed by atoms with E-state index in [2.05, 4.69) is 4.72 Å². The lowest BCUT2D eigenvalue weighted by molar-refractivity contribution is -0.870. The molecule has 0 saturated heterocycles. The van der Waals surface area contributed by atoms with Crippen LogP contribution in [0.3, 0.4) is 0 Å². The molecule has 0 bridgehead atoms. The van der Waals surface area contributed by atoms with E-state index in [1.165, 1.54) is 0 Å². The van der Waals surface area contributed by atoms with Crippen LogP contribution in [-0.2, 0) is 10.0 Å². The van der Waals surface area contributed by atoms with Gasteiger partial charge in [0.15, 0.2) is 0 Å². The third kappa shape index (κ3) is 11.4. The van der Waals surface area contributed by atoms with E-state index in [9.17, 15) is 39.2 Å². The highest BCUT2D eigenvalue weighted by atomic mass is 32.2. The van der Waals surface area contributed by atoms with E-state index in [1.54, 1.807) is 0 Å². The van der Waals surface area contributed by atoms with E-state index in [1.807, 2.05) is 21.1 Å². The molecule has 0 aliphatic heterocycles. The third-order valence-corrected chi connectivity index (χ3v) is 5.70. The van der Waals surface area contributed by atoms with Crippen molar-refractivity contribution < 1.29 is 43.6 Å². The van der Waals surface area contributed by atoms with Gasteiger partial charge in [-0.3, -0.25) is 0 Å². The first-order valence-electron chi connectivity index (χ1n) is 8.87. The van der Waals surface area contributed by atoms with E-state index < -0.39 is 52.6 Å². The Morgan fingerprint density at radius 2 is 1.46 bits per heavy atom. The fourth-order valence-corrected chi connectivity index (χ4v) is 3.68. The van der Waals surface area contributed by atoms with Crippen LogP contribution >= 0.6 is 0 Å². The molecule has 0 aromatic heterocycles. The zero-order valence-corrected chi connectivity index (χ0v) is 17.4. The molecule has 4 nitrogen and oxygen atoms in total. The summed E-state index contributed by atoms with van der Waals surface area (Å²) >= 11 is 0. The van der Waals surface area contributed by atoms with E-state index >= 15 is 0 Å². The maximum atomic E-state index is 13.6. The first-order valence-corrected chi connectivity index (χ1v) is 10.5. The summed E-state index contributed by atoms with van der Waals surface area (Å²) in [6.07, 6.45) is -12.8. The van der Waals surface area contributed by atoms with Crippen LogP contribution in [0.2, 0.25) is 0 Å². The second-order valence-electron chi connectivity index (χ2n) is 8.21. The Hall–Kier alpha value is -0.620. The van der Waals surface area contributed by atoms with Crippen molar-refractivity contribution >= 4 is 10.0 Å². The van der Waals surface area contributed by atoms with E-state index in [-0.39, 0.29) is 26.3 Å². The number of hydrogen-bond donors (Lipinski definition) is 1. The molecule has 28 heavy (non-hydrogen) atoms. The van der Waals surface area contributed by atoms with Crippen LogP contribution in [0.4, 0.5) is 30.7 Å². The van der Waals surface area contributed by atoms with Crippen LogP contribution in [0, 0.1) is 5.92 Å². The molecule has 0 fully saturated rings. The van der Waals surface area contributed by atoms with Gasteiger partial charge in [-0.2, -0.15) is 26.3 Å². The van der Waals surface area contributed by atoms with Crippen LogP contribution in [0.5, 0.6) is 0 Å². The van der Waals surface area contributed by atoms with E-state index in [4.69, 9.17) is 0 Å². The molecule has 0 aromatic carbocycles. The van der Waals surface area contributed by atoms with Crippen molar-refractivity contribution in [2.24, 2.45) is 5.92 Å². The van der Waals surface area contributed by atoms with Gasteiger partial charge in [-0.25, -0.2) is 17.5 Å². The van der Waals surface area contributed by atoms with Gasteiger partial charge in [0.05, 0.1) is 39.4 Å². The fraction of sp³-hybridized carbons (Fsp3) is 1.00. The first-order chi connectivity index (χ1) is 12.3. The Morgan fingerprint density at radius 1 is 0.929 bits per heavy atom. The molecule has 0 aliphatic carbocycles. The second kappa shape index (κ2) is 9.92. The Balaban J connectivity index is 4.51. The van der Waals surface area contributed by atoms with Gasteiger partial charge in [0.2, 0.25) is 15.7 Å². The van der Waals surface area contributed by atoms with Crippen molar-refractivity contribution in [3.63, 3.8) is 0 Å². The minimum Gasteiger partial charge on any atom is -0.331 e. The normalized spacial score (nSPS) is 17.4. The van der Waals surface area contributed by atoms with Crippen molar-refractivity contribution in [2.45, 2.75) is 57.0 Å². The summed E-state index contributed by atoms with van der Waals surface area (Å²) in [7, 11) is 2.13. The Kier molecular flexibility index (Phi) is 9.70. The van der Waals surface area contributed by atoms with Crippen LogP contribution in [0.25, 0.3) is 0 Å². The summed E-state index contributed by atoms with van der Waals surface area (Å²) in [5.41, 5.74) is -3.97. The number of unbranched alkanes of at least 4 members (excludes halogenated alkanes) is 1. The molecule has 0 amide bonds. The summed E-state index contributed by atoms with van der Waals surface area (Å²) in [6.45, 7) is 0.988. The predicted octanol–water partition coefficient (Wildman–Crippen LogP) is 4.03. The molecule has 0 saturated carbocycles. The highest BCUT2D eigenvalue weighted by Gasteiger charge is 2.56. The molecule has 0 aliphatic rings. The lowest BCUT2D eigenvalue weighted by Gasteiger charge is -2.29. The van der Waals surface area contributed by atoms with Gasteiger partial charge in [-0.15, -0.1) is 0 Å². The number of nitrogens with zero attached hydrogens (tertiary/aromatic N) is 1. The van der Waals surface area contributed by atoms with Gasteiger partial charge in [0.1, 0.15) is 0 Å². The highest BCUT2D eigenvalue weighted by Crippen LogP contribution is 2.44. The molecule has 0 rings (SSSR count). The smallest absolute Gasteiger partial charge is 0.331 e. The number of quaternary nitrogens is 1. The van der Waals surface area contributed by atoms with Gasteiger partial charge in [0, 0.05) is 19.4 Å². The van der Waals surface area contributed by atoms with Crippen molar-refractivity contribution in [1.82, 2.24) is 4.72 Å². The van der Waals surface area contributed by atoms with Crippen molar-refractivity contribution in [1.29, 1.82) is 0 Å². The summed E-state index contributed by atoms with van der Waals surface area (Å²) in [5, 5.41) is 0. The Bertz CT molecular complexity index is 567. The van der Waals surface area contributed by atoms with Gasteiger partial charge in [-0.05, 0) is 19.8 Å². The predicted molar refractivity (Wildman–Crippen MR) is 92.9 cm³/mol. The number of alkyl halides is 7. The zero-order chi connectivity index (χ0) is 22.4. The van der Waals surface area contributed by atoms with Crippen molar-refractivity contribution in [3.8, 4) is 0 Å². The molecule has 0 aromatic rings. The van der Waals surface area contributed by atoms with Crippen LogP contribution in [0.15, 0.2) is 0 Å². The molecule has 2 unspecified atom stereocenters. The number of sulfonamides is 1. The van der Waals surface area contributed by atoms with Crippen LogP contribution < -0.4 is 4.72 Å². The Labute approximate surface area is 162 Å². The molecular formula is C16H30F7N2O2S+. The minimum absolute atomic E-state index is 0.0798. The van der Waals surface area contributed by atoms with Gasteiger partial charge >= 0.3 is 12.4 Å². The molecule has 0 radical (unpaired) electrons. The zero-order valence-electron chi connectivity index (χ0n) is 16.6. The maximum absolute atomic E-state index is 13.6. The van der Waals surface area contributed by atoms with Crippen LogP contribution in [-0.4, -0.2) is 70.9 Å². The molecule has 170 valence electrons. The maximum Gasteiger partial charge on any atom is 0.422 e. The first kappa shape index (κ1) is 27.4. The SMILES string of the molecule is CC(F)(CC(CCCCS(=O)(=O)NCCC[N+](C)(C)C)C(F)(F)F)C(F)(F)F. The summed E-state index contributed by atoms with van der Waals surface area (Å²) in [4.78, 5) is 0. The fourth-order valence-electron chi connectivity index (χ4n) is 2.50. The van der Waals surface area contributed by atoms with Gasteiger partial charge < -0.3 is 4.48 Å². The molecule has 0 spiro atoms. The number of rotatable bonds is 12.